The van der Waals surface area contributed by atoms with Gasteiger partial charge in [-0.15, -0.1) is 0 Å². The van der Waals surface area contributed by atoms with E-state index in [1.54, 1.807) is 6.92 Å². The summed E-state index contributed by atoms with van der Waals surface area (Å²) in [4.78, 5) is 1.24. The largest absolute Gasteiger partial charge is 0.401 e. The van der Waals surface area contributed by atoms with Crippen LogP contribution in [0.5, 0.6) is 0 Å². The van der Waals surface area contributed by atoms with Gasteiger partial charge in [0.25, 0.3) is 0 Å². The second-order valence-corrected chi connectivity index (χ2v) is 3.41. The summed E-state index contributed by atoms with van der Waals surface area (Å²) in [6, 6.07) is 0. The van der Waals surface area contributed by atoms with E-state index in [1.165, 1.54) is 4.90 Å². The molecule has 1 atom stereocenters. The van der Waals surface area contributed by atoms with E-state index in [4.69, 9.17) is 0 Å². The lowest BCUT2D eigenvalue weighted by molar-refractivity contribution is -0.148. The van der Waals surface area contributed by atoms with Crippen LogP contribution in [0.1, 0.15) is 26.7 Å². The first kappa shape index (κ1) is 13.7. The van der Waals surface area contributed by atoms with Crippen molar-refractivity contribution in [3.63, 3.8) is 0 Å². The number of alkyl halides is 3. The van der Waals surface area contributed by atoms with Crippen molar-refractivity contribution < 1.29 is 18.3 Å². The third-order valence-electron chi connectivity index (χ3n) is 1.88. The number of aliphatic hydroxyl groups excluding tert-OH is 1. The second kappa shape index (κ2) is 6.24. The van der Waals surface area contributed by atoms with Crippen LogP contribution in [0, 0.1) is 0 Å². The Morgan fingerprint density at radius 1 is 1.29 bits per heavy atom. The highest BCUT2D eigenvalue weighted by Crippen LogP contribution is 2.16. The van der Waals surface area contributed by atoms with Gasteiger partial charge in [0.05, 0.1) is 12.6 Å². The van der Waals surface area contributed by atoms with Crippen LogP contribution < -0.4 is 0 Å². The van der Waals surface area contributed by atoms with E-state index in [2.05, 4.69) is 0 Å². The van der Waals surface area contributed by atoms with E-state index in [1.807, 2.05) is 6.92 Å². The lowest BCUT2D eigenvalue weighted by atomic mass is 10.2. The molecule has 0 aromatic heterocycles. The highest BCUT2D eigenvalue weighted by Gasteiger charge is 2.30. The molecule has 1 unspecified atom stereocenters. The number of halogens is 3. The zero-order valence-electron chi connectivity index (χ0n) is 8.64. The molecule has 0 fully saturated rings. The quantitative estimate of drug-likeness (QED) is 0.729. The molecular weight excluding hydrogens is 195 g/mol. The van der Waals surface area contributed by atoms with E-state index in [-0.39, 0.29) is 6.54 Å². The van der Waals surface area contributed by atoms with Crippen LogP contribution in [0.25, 0.3) is 0 Å². The van der Waals surface area contributed by atoms with E-state index >= 15 is 0 Å². The van der Waals surface area contributed by atoms with Crippen LogP contribution in [0.15, 0.2) is 0 Å². The summed E-state index contributed by atoms with van der Waals surface area (Å²) in [6.45, 7) is 3.11. The normalized spacial score (nSPS) is 14.8. The van der Waals surface area contributed by atoms with E-state index in [0.717, 1.165) is 0 Å². The third-order valence-corrected chi connectivity index (χ3v) is 1.88. The molecule has 0 radical (unpaired) electrons. The number of rotatable bonds is 6. The fraction of sp³-hybridized carbons (Fsp3) is 1.00. The molecule has 0 aromatic carbocycles. The molecular formula is C9H18F3NO. The van der Waals surface area contributed by atoms with Crippen molar-refractivity contribution in [1.82, 2.24) is 4.90 Å². The van der Waals surface area contributed by atoms with Gasteiger partial charge in [-0.05, 0) is 19.4 Å². The topological polar surface area (TPSA) is 23.5 Å². The van der Waals surface area contributed by atoms with Crippen molar-refractivity contribution in [3.8, 4) is 0 Å². The molecule has 0 aromatic rings. The van der Waals surface area contributed by atoms with Gasteiger partial charge in [-0.2, -0.15) is 13.2 Å². The summed E-state index contributed by atoms with van der Waals surface area (Å²) < 4.78 is 36.2. The Labute approximate surface area is 82.7 Å². The zero-order valence-corrected chi connectivity index (χ0v) is 8.64. The molecule has 0 aliphatic heterocycles. The molecule has 0 aliphatic rings. The Morgan fingerprint density at radius 2 is 1.86 bits per heavy atom. The van der Waals surface area contributed by atoms with Gasteiger partial charge in [0.2, 0.25) is 0 Å². The Kier molecular flexibility index (Phi) is 6.11. The monoisotopic (exact) mass is 213 g/mol. The molecule has 0 aliphatic carbocycles. The maximum Gasteiger partial charge on any atom is 0.401 e. The molecule has 5 heteroatoms. The van der Waals surface area contributed by atoms with Gasteiger partial charge >= 0.3 is 6.18 Å². The zero-order chi connectivity index (χ0) is 11.2. The summed E-state index contributed by atoms with van der Waals surface area (Å²) in [5.41, 5.74) is 0. The SMILES string of the molecule is CCCN(CC(O)CC)CC(F)(F)F. The van der Waals surface area contributed by atoms with Gasteiger partial charge in [-0.1, -0.05) is 13.8 Å². The highest BCUT2D eigenvalue weighted by atomic mass is 19.4. The Hall–Kier alpha value is -0.290. The number of hydrogen-bond donors (Lipinski definition) is 1. The van der Waals surface area contributed by atoms with Gasteiger partial charge in [0, 0.05) is 6.54 Å². The van der Waals surface area contributed by atoms with Gasteiger partial charge in [0.1, 0.15) is 0 Å². The summed E-state index contributed by atoms with van der Waals surface area (Å²) >= 11 is 0. The maximum atomic E-state index is 12.1. The molecule has 14 heavy (non-hydrogen) atoms. The minimum atomic E-state index is -4.18. The average molecular weight is 213 g/mol. The lowest BCUT2D eigenvalue weighted by Gasteiger charge is -2.25. The smallest absolute Gasteiger partial charge is 0.392 e. The van der Waals surface area contributed by atoms with Gasteiger partial charge in [-0.3, -0.25) is 4.90 Å². The molecule has 2 nitrogen and oxygen atoms in total. The van der Waals surface area contributed by atoms with Crippen LogP contribution in [0.4, 0.5) is 13.2 Å². The van der Waals surface area contributed by atoms with Gasteiger partial charge in [-0.25, -0.2) is 0 Å². The number of nitrogens with zero attached hydrogens (tertiary/aromatic N) is 1. The molecule has 0 spiro atoms. The van der Waals surface area contributed by atoms with E-state index in [9.17, 15) is 18.3 Å². The van der Waals surface area contributed by atoms with Gasteiger partial charge < -0.3 is 5.11 Å². The summed E-state index contributed by atoms with van der Waals surface area (Å²) in [5.74, 6) is 0. The van der Waals surface area contributed by atoms with Crippen molar-refractivity contribution in [2.45, 2.75) is 39.0 Å². The van der Waals surface area contributed by atoms with E-state index < -0.39 is 18.8 Å². The van der Waals surface area contributed by atoms with Crippen LogP contribution >= 0.6 is 0 Å². The van der Waals surface area contributed by atoms with Crippen molar-refractivity contribution >= 4 is 0 Å². The van der Waals surface area contributed by atoms with E-state index in [0.29, 0.717) is 19.4 Å². The van der Waals surface area contributed by atoms with Crippen LogP contribution in [0.3, 0.4) is 0 Å². The minimum Gasteiger partial charge on any atom is -0.392 e. The van der Waals surface area contributed by atoms with Crippen molar-refractivity contribution in [1.29, 1.82) is 0 Å². The van der Waals surface area contributed by atoms with Gasteiger partial charge in [0.15, 0.2) is 0 Å². The summed E-state index contributed by atoms with van der Waals surface area (Å²) in [6.07, 6.45) is -3.70. The Morgan fingerprint density at radius 3 is 2.21 bits per heavy atom. The first-order valence-electron chi connectivity index (χ1n) is 4.86. The highest BCUT2D eigenvalue weighted by molar-refractivity contribution is 4.66. The molecule has 0 rings (SSSR count). The van der Waals surface area contributed by atoms with Crippen molar-refractivity contribution in [2.24, 2.45) is 0 Å². The fourth-order valence-electron chi connectivity index (χ4n) is 1.23. The number of aliphatic hydroxyl groups is 1. The Bertz CT molecular complexity index is 149. The molecule has 0 bridgehead atoms. The Balaban J connectivity index is 4.01. The molecule has 86 valence electrons. The minimum absolute atomic E-state index is 0.101. The predicted molar refractivity (Wildman–Crippen MR) is 49.1 cm³/mol. The predicted octanol–water partition coefficient (Wildman–Crippen LogP) is 2.03. The standard InChI is InChI=1S/C9H18F3NO/c1-3-5-13(6-8(14)4-2)7-9(10,11)12/h8,14H,3-7H2,1-2H3. The second-order valence-electron chi connectivity index (χ2n) is 3.41. The van der Waals surface area contributed by atoms with Crippen LogP contribution in [-0.2, 0) is 0 Å². The van der Waals surface area contributed by atoms with Crippen molar-refractivity contribution in [2.75, 3.05) is 19.6 Å². The average Bonchev–Trinajstić information content (AvgIpc) is 2.01. The maximum absolute atomic E-state index is 12.1. The molecule has 1 N–H and O–H groups in total. The lowest BCUT2D eigenvalue weighted by Crippen LogP contribution is -2.39. The first-order valence-corrected chi connectivity index (χ1v) is 4.86. The molecule has 0 saturated heterocycles. The fourth-order valence-corrected chi connectivity index (χ4v) is 1.23. The third kappa shape index (κ3) is 7.15. The molecule has 0 heterocycles. The summed E-state index contributed by atoms with van der Waals surface area (Å²) in [7, 11) is 0. The summed E-state index contributed by atoms with van der Waals surface area (Å²) in [5, 5.41) is 9.24. The number of hydrogen-bond acceptors (Lipinski definition) is 2. The first-order chi connectivity index (χ1) is 6.39. The van der Waals surface area contributed by atoms with Crippen molar-refractivity contribution in [3.05, 3.63) is 0 Å². The molecule has 0 amide bonds. The van der Waals surface area contributed by atoms with Crippen LogP contribution in [-0.4, -0.2) is 41.9 Å². The molecule has 0 saturated carbocycles. The van der Waals surface area contributed by atoms with Crippen LogP contribution in [0.2, 0.25) is 0 Å².